The number of benzene rings is 1. The minimum atomic E-state index is 0.0299. The highest BCUT2D eigenvalue weighted by Gasteiger charge is 2.52. The Hall–Kier alpha value is -1.75. The molecule has 1 atom stereocenters. The fourth-order valence-corrected chi connectivity index (χ4v) is 7.28. The van der Waals surface area contributed by atoms with Gasteiger partial charge in [0.2, 0.25) is 0 Å². The predicted molar refractivity (Wildman–Crippen MR) is 119 cm³/mol. The summed E-state index contributed by atoms with van der Waals surface area (Å²) in [5.41, 5.74) is 1.31. The monoisotopic (exact) mass is 412 g/mol. The van der Waals surface area contributed by atoms with Gasteiger partial charge in [-0.3, -0.25) is 4.79 Å². The molecular weight excluding hydrogens is 374 g/mol. The van der Waals surface area contributed by atoms with Crippen LogP contribution in [0.25, 0.3) is 0 Å². The molecule has 5 aliphatic rings. The first-order valence-corrected chi connectivity index (χ1v) is 12.2. The van der Waals surface area contributed by atoms with E-state index < -0.39 is 0 Å². The van der Waals surface area contributed by atoms with Gasteiger partial charge < -0.3 is 19.9 Å². The number of nitrogens with one attached hydrogen (secondary N) is 2. The smallest absolute Gasteiger partial charge is 0.278 e. The molecule has 0 unspecified atom stereocenters. The molecule has 1 aromatic carbocycles. The molecule has 0 aromatic heterocycles. The van der Waals surface area contributed by atoms with Crippen molar-refractivity contribution in [2.45, 2.75) is 64.0 Å². The Morgan fingerprint density at radius 1 is 1.13 bits per heavy atom. The van der Waals surface area contributed by atoms with Crippen molar-refractivity contribution in [2.75, 3.05) is 37.7 Å². The van der Waals surface area contributed by atoms with Crippen molar-refractivity contribution in [3.8, 4) is 5.75 Å². The summed E-state index contributed by atoms with van der Waals surface area (Å²) in [4.78, 5) is 17.1. The molecule has 1 aliphatic heterocycles. The predicted octanol–water partition coefficient (Wildman–Crippen LogP) is 2.26. The first kappa shape index (κ1) is 20.2. The normalized spacial score (nSPS) is 34.1. The summed E-state index contributed by atoms with van der Waals surface area (Å²) in [6.07, 6.45) is 7.95. The van der Waals surface area contributed by atoms with E-state index in [0.717, 1.165) is 49.7 Å². The van der Waals surface area contributed by atoms with Crippen LogP contribution in [0.3, 0.4) is 0 Å². The van der Waals surface area contributed by atoms with Gasteiger partial charge in [0.15, 0.2) is 6.04 Å². The Morgan fingerprint density at radius 2 is 1.73 bits per heavy atom. The van der Waals surface area contributed by atoms with Crippen LogP contribution >= 0.6 is 0 Å². The highest BCUT2D eigenvalue weighted by molar-refractivity contribution is 5.80. The molecule has 5 heteroatoms. The SMILES string of the molecule is CCOc1ccccc1N1CC[NH+]([C@@H](C)C(=O)NC23CC4CC(CC(C4)C2)C3)CC1. The summed E-state index contributed by atoms with van der Waals surface area (Å²) in [5.74, 6) is 3.86. The molecule has 30 heavy (non-hydrogen) atoms. The number of piperazine rings is 1. The van der Waals surface area contributed by atoms with E-state index in [2.05, 4.69) is 35.3 Å². The second-order valence-electron chi connectivity index (χ2n) is 10.5. The largest absolute Gasteiger partial charge is 0.492 e. The van der Waals surface area contributed by atoms with E-state index in [0.29, 0.717) is 6.61 Å². The van der Waals surface area contributed by atoms with Gasteiger partial charge in [-0.1, -0.05) is 12.1 Å². The van der Waals surface area contributed by atoms with Gasteiger partial charge >= 0.3 is 0 Å². The quantitative estimate of drug-likeness (QED) is 0.754. The van der Waals surface area contributed by atoms with E-state index in [9.17, 15) is 4.79 Å². The molecule has 5 nitrogen and oxygen atoms in total. The van der Waals surface area contributed by atoms with Gasteiger partial charge in [0.25, 0.3) is 5.91 Å². The Bertz CT molecular complexity index is 736. The van der Waals surface area contributed by atoms with Crippen molar-refractivity contribution in [1.82, 2.24) is 5.32 Å². The number of anilines is 1. The maximum absolute atomic E-state index is 13.3. The van der Waals surface area contributed by atoms with Gasteiger partial charge in [-0.2, -0.15) is 0 Å². The zero-order valence-electron chi connectivity index (χ0n) is 18.7. The third-order valence-electron chi connectivity index (χ3n) is 8.34. The van der Waals surface area contributed by atoms with Gasteiger partial charge in [0, 0.05) is 5.54 Å². The van der Waals surface area contributed by atoms with E-state index in [1.54, 1.807) is 0 Å². The molecule has 0 radical (unpaired) electrons. The second-order valence-corrected chi connectivity index (χ2v) is 10.5. The van der Waals surface area contributed by atoms with Crippen LogP contribution in [0.4, 0.5) is 5.69 Å². The molecule has 164 valence electrons. The standard InChI is InChI=1S/C25H37N3O2/c1-3-30-23-7-5-4-6-22(23)28-10-8-27(9-11-28)18(2)24(29)26-25-15-19-12-20(16-25)14-21(13-19)17-25/h4-7,18-21H,3,8-17H2,1-2H3,(H,26,29)/p+1/t18-,19?,20?,21?,25?/m0/s1. The van der Waals surface area contributed by atoms with Crippen molar-refractivity contribution in [2.24, 2.45) is 17.8 Å². The molecular formula is C25H38N3O2+. The summed E-state index contributed by atoms with van der Waals surface area (Å²) in [6.45, 7) is 8.77. The fourth-order valence-electron chi connectivity index (χ4n) is 7.28. The van der Waals surface area contributed by atoms with Gasteiger partial charge in [0.1, 0.15) is 5.75 Å². The number of para-hydroxylation sites is 2. The topological polar surface area (TPSA) is 46.0 Å². The van der Waals surface area contributed by atoms with Crippen LogP contribution in [-0.2, 0) is 4.79 Å². The van der Waals surface area contributed by atoms with E-state index >= 15 is 0 Å². The number of rotatable bonds is 6. The molecule has 1 amide bonds. The van der Waals surface area contributed by atoms with Crippen molar-refractivity contribution < 1.29 is 14.4 Å². The second kappa shape index (κ2) is 8.07. The van der Waals surface area contributed by atoms with Crippen LogP contribution < -0.4 is 19.9 Å². The number of amides is 1. The average molecular weight is 413 g/mol. The van der Waals surface area contributed by atoms with Gasteiger partial charge in [-0.05, 0) is 82.3 Å². The Kier molecular flexibility index (Phi) is 5.42. The Labute approximate surface area is 181 Å². The maximum atomic E-state index is 13.3. The molecule has 4 bridgehead atoms. The van der Waals surface area contributed by atoms with Crippen LogP contribution in [0.5, 0.6) is 5.75 Å². The zero-order chi connectivity index (χ0) is 20.7. The van der Waals surface area contributed by atoms with Gasteiger partial charge in [-0.15, -0.1) is 0 Å². The summed E-state index contributed by atoms with van der Waals surface area (Å²) in [6, 6.07) is 8.35. The van der Waals surface area contributed by atoms with Crippen LogP contribution in [0, 0.1) is 17.8 Å². The van der Waals surface area contributed by atoms with Crippen LogP contribution in [-0.4, -0.2) is 50.3 Å². The van der Waals surface area contributed by atoms with E-state index in [-0.39, 0.29) is 17.5 Å². The van der Waals surface area contributed by atoms with E-state index in [4.69, 9.17) is 4.74 Å². The minimum Gasteiger partial charge on any atom is -0.492 e. The van der Waals surface area contributed by atoms with E-state index in [1.165, 1.54) is 49.1 Å². The molecule has 1 aromatic rings. The van der Waals surface area contributed by atoms with Gasteiger partial charge in [0.05, 0.1) is 38.5 Å². The molecule has 1 saturated heterocycles. The fraction of sp³-hybridized carbons (Fsp3) is 0.720. The lowest BCUT2D eigenvalue weighted by atomic mass is 9.53. The third-order valence-corrected chi connectivity index (χ3v) is 8.34. The summed E-state index contributed by atoms with van der Waals surface area (Å²) < 4.78 is 5.82. The number of nitrogens with zero attached hydrogens (tertiary/aromatic N) is 1. The molecule has 6 rings (SSSR count). The number of carbonyl (C=O) groups is 1. The first-order chi connectivity index (χ1) is 14.5. The van der Waals surface area contributed by atoms with Crippen LogP contribution in [0.1, 0.15) is 52.4 Å². The summed E-state index contributed by atoms with van der Waals surface area (Å²) in [5, 5.41) is 3.60. The first-order valence-electron chi connectivity index (χ1n) is 12.2. The highest BCUT2D eigenvalue weighted by atomic mass is 16.5. The van der Waals surface area contributed by atoms with Crippen molar-refractivity contribution in [3.05, 3.63) is 24.3 Å². The molecule has 2 N–H and O–H groups in total. The lowest BCUT2D eigenvalue weighted by Gasteiger charge is -2.57. The summed E-state index contributed by atoms with van der Waals surface area (Å²) in [7, 11) is 0. The third kappa shape index (κ3) is 3.81. The van der Waals surface area contributed by atoms with Crippen molar-refractivity contribution in [1.29, 1.82) is 0 Å². The Morgan fingerprint density at radius 3 is 2.33 bits per heavy atom. The minimum absolute atomic E-state index is 0.0299. The molecule has 5 fully saturated rings. The maximum Gasteiger partial charge on any atom is 0.278 e. The number of carbonyl (C=O) groups excluding carboxylic acids is 1. The molecule has 4 aliphatic carbocycles. The van der Waals surface area contributed by atoms with Crippen molar-refractivity contribution in [3.63, 3.8) is 0 Å². The number of hydrogen-bond donors (Lipinski definition) is 2. The zero-order valence-corrected chi connectivity index (χ0v) is 18.7. The summed E-state index contributed by atoms with van der Waals surface area (Å²) >= 11 is 0. The lowest BCUT2D eigenvalue weighted by molar-refractivity contribution is -0.914. The molecule has 1 heterocycles. The highest BCUT2D eigenvalue weighted by Crippen LogP contribution is 2.55. The Balaban J connectivity index is 1.18. The van der Waals surface area contributed by atoms with Crippen LogP contribution in [0.15, 0.2) is 24.3 Å². The number of hydrogen-bond acceptors (Lipinski definition) is 3. The van der Waals surface area contributed by atoms with E-state index in [1.807, 2.05) is 13.0 Å². The van der Waals surface area contributed by atoms with Crippen LogP contribution in [0.2, 0.25) is 0 Å². The van der Waals surface area contributed by atoms with Crippen molar-refractivity contribution >= 4 is 11.6 Å². The lowest BCUT2D eigenvalue weighted by Crippen LogP contribution is -3.19. The van der Waals surface area contributed by atoms with Gasteiger partial charge in [-0.25, -0.2) is 0 Å². The average Bonchev–Trinajstić information content (AvgIpc) is 2.73. The molecule has 0 spiro atoms. The number of ether oxygens (including phenoxy) is 1. The molecule has 4 saturated carbocycles. The number of quaternary nitrogens is 1.